The van der Waals surface area contributed by atoms with E-state index in [1.54, 1.807) is 12.1 Å². The van der Waals surface area contributed by atoms with E-state index in [1.165, 1.54) is 0 Å². The average Bonchev–Trinajstić information content (AvgIpc) is 2.79. The summed E-state index contributed by atoms with van der Waals surface area (Å²) in [6.45, 7) is 1.99. The fraction of sp³-hybridized carbons (Fsp3) is 0.115. The van der Waals surface area contributed by atoms with Gasteiger partial charge < -0.3 is 15.3 Å². The van der Waals surface area contributed by atoms with Gasteiger partial charge in [-0.2, -0.15) is 5.11 Å². The predicted molar refractivity (Wildman–Crippen MR) is 130 cm³/mol. The highest BCUT2D eigenvalue weighted by molar-refractivity contribution is 6.13. The van der Waals surface area contributed by atoms with Gasteiger partial charge in [0.1, 0.15) is 5.75 Å². The van der Waals surface area contributed by atoms with Gasteiger partial charge in [0.05, 0.1) is 28.3 Å². The second kappa shape index (κ2) is 8.89. The molecule has 4 rings (SSSR count). The average molecular weight is 425 g/mol. The van der Waals surface area contributed by atoms with E-state index in [2.05, 4.69) is 15.5 Å². The zero-order valence-corrected chi connectivity index (χ0v) is 18.2. The summed E-state index contributed by atoms with van der Waals surface area (Å²) in [4.78, 5) is 15.1. The Morgan fingerprint density at radius 2 is 1.59 bits per heavy atom. The fourth-order valence-electron chi connectivity index (χ4n) is 3.56. The molecule has 0 aliphatic rings. The molecule has 0 unspecified atom stereocenters. The molecule has 6 nitrogen and oxygen atoms in total. The SMILES string of the molecule is Cc1cccc(N=Nc2cc(C(=O)Nc3ccccc3N(C)C)c(O)c3ccccc23)c1. The number of carbonyl (C=O) groups excluding carboxylic acids is 1. The van der Waals surface area contributed by atoms with E-state index in [0.29, 0.717) is 27.8 Å². The van der Waals surface area contributed by atoms with Gasteiger partial charge >= 0.3 is 0 Å². The number of amides is 1. The van der Waals surface area contributed by atoms with Crippen molar-refractivity contribution in [3.63, 3.8) is 0 Å². The maximum Gasteiger partial charge on any atom is 0.259 e. The second-order valence-corrected chi connectivity index (χ2v) is 7.74. The van der Waals surface area contributed by atoms with E-state index in [9.17, 15) is 9.90 Å². The van der Waals surface area contributed by atoms with Gasteiger partial charge in [-0.25, -0.2) is 0 Å². The predicted octanol–water partition coefficient (Wildman–Crippen LogP) is 6.59. The van der Waals surface area contributed by atoms with Crippen LogP contribution in [0.5, 0.6) is 5.75 Å². The van der Waals surface area contributed by atoms with E-state index in [-0.39, 0.29) is 11.3 Å². The minimum atomic E-state index is -0.422. The molecule has 4 aromatic rings. The number of carbonyl (C=O) groups is 1. The summed E-state index contributed by atoms with van der Waals surface area (Å²) < 4.78 is 0. The molecule has 4 aromatic carbocycles. The Morgan fingerprint density at radius 3 is 2.34 bits per heavy atom. The molecule has 0 aromatic heterocycles. The highest BCUT2D eigenvalue weighted by atomic mass is 16.3. The van der Waals surface area contributed by atoms with E-state index in [1.807, 2.05) is 92.6 Å². The number of anilines is 2. The molecule has 160 valence electrons. The lowest BCUT2D eigenvalue weighted by molar-refractivity contribution is 0.102. The number of fused-ring (bicyclic) bond motifs is 1. The number of para-hydroxylation sites is 2. The lowest BCUT2D eigenvalue weighted by Gasteiger charge is -2.18. The quantitative estimate of drug-likeness (QED) is 0.355. The summed E-state index contributed by atoms with van der Waals surface area (Å²) in [7, 11) is 3.81. The summed E-state index contributed by atoms with van der Waals surface area (Å²) in [5.74, 6) is -0.510. The van der Waals surface area contributed by atoms with Crippen LogP contribution in [0.2, 0.25) is 0 Å². The molecule has 1 amide bonds. The Kier molecular flexibility index (Phi) is 5.85. The van der Waals surface area contributed by atoms with Gasteiger partial charge in [0.25, 0.3) is 5.91 Å². The number of aromatic hydroxyl groups is 1. The minimum absolute atomic E-state index is 0.0880. The van der Waals surface area contributed by atoms with Gasteiger partial charge in [-0.05, 0) is 42.8 Å². The second-order valence-electron chi connectivity index (χ2n) is 7.74. The van der Waals surface area contributed by atoms with Gasteiger partial charge in [-0.15, -0.1) is 5.11 Å². The van der Waals surface area contributed by atoms with Crippen molar-refractivity contribution in [3.05, 3.63) is 90.0 Å². The van der Waals surface area contributed by atoms with Crippen LogP contribution in [-0.4, -0.2) is 25.1 Å². The van der Waals surface area contributed by atoms with E-state index >= 15 is 0 Å². The number of nitrogens with one attached hydrogen (secondary N) is 1. The van der Waals surface area contributed by atoms with Crippen LogP contribution in [0.25, 0.3) is 10.8 Å². The molecular weight excluding hydrogens is 400 g/mol. The maximum absolute atomic E-state index is 13.2. The Balaban J connectivity index is 1.77. The molecule has 0 heterocycles. The monoisotopic (exact) mass is 424 g/mol. The molecule has 0 saturated heterocycles. The van der Waals surface area contributed by atoms with Gasteiger partial charge in [0.15, 0.2) is 0 Å². The van der Waals surface area contributed by atoms with E-state index in [0.717, 1.165) is 11.3 Å². The minimum Gasteiger partial charge on any atom is -0.506 e. The van der Waals surface area contributed by atoms with Crippen molar-refractivity contribution < 1.29 is 9.90 Å². The first-order valence-corrected chi connectivity index (χ1v) is 10.2. The fourth-order valence-corrected chi connectivity index (χ4v) is 3.56. The Hall–Kier alpha value is -4.19. The number of aryl methyl sites for hydroxylation is 1. The molecule has 0 aliphatic carbocycles. The number of rotatable bonds is 5. The molecule has 2 N–H and O–H groups in total. The van der Waals surface area contributed by atoms with Crippen LogP contribution in [0.4, 0.5) is 22.7 Å². The largest absolute Gasteiger partial charge is 0.506 e. The molecule has 0 atom stereocenters. The summed E-state index contributed by atoms with van der Waals surface area (Å²) in [5, 5.41) is 23.8. The number of hydrogen-bond donors (Lipinski definition) is 2. The number of phenolic OH excluding ortho intramolecular Hbond substituents is 1. The van der Waals surface area contributed by atoms with Crippen molar-refractivity contribution in [2.75, 3.05) is 24.3 Å². The summed E-state index contributed by atoms with van der Waals surface area (Å²) >= 11 is 0. The Morgan fingerprint density at radius 1 is 0.875 bits per heavy atom. The lowest BCUT2D eigenvalue weighted by atomic mass is 10.0. The van der Waals surface area contributed by atoms with E-state index in [4.69, 9.17) is 0 Å². The lowest BCUT2D eigenvalue weighted by Crippen LogP contribution is -2.16. The van der Waals surface area contributed by atoms with Gasteiger partial charge in [-0.3, -0.25) is 4.79 Å². The van der Waals surface area contributed by atoms with Crippen molar-refractivity contribution in [1.29, 1.82) is 0 Å². The van der Waals surface area contributed by atoms with Crippen LogP contribution in [0.15, 0.2) is 89.1 Å². The first-order valence-electron chi connectivity index (χ1n) is 10.2. The number of phenols is 1. The number of azo groups is 1. The van der Waals surface area contributed by atoms with Crippen LogP contribution < -0.4 is 10.2 Å². The molecule has 0 spiro atoms. The van der Waals surface area contributed by atoms with Crippen LogP contribution in [0.3, 0.4) is 0 Å². The van der Waals surface area contributed by atoms with Crippen molar-refractivity contribution in [2.24, 2.45) is 10.2 Å². The van der Waals surface area contributed by atoms with Crippen LogP contribution in [0, 0.1) is 6.92 Å². The summed E-state index contributed by atoms with van der Waals surface area (Å²) in [5.41, 5.74) is 3.95. The maximum atomic E-state index is 13.2. The topological polar surface area (TPSA) is 77.3 Å². The zero-order chi connectivity index (χ0) is 22.7. The third kappa shape index (κ3) is 4.30. The van der Waals surface area contributed by atoms with Crippen LogP contribution in [0.1, 0.15) is 15.9 Å². The zero-order valence-electron chi connectivity index (χ0n) is 18.2. The normalized spacial score (nSPS) is 11.1. The van der Waals surface area contributed by atoms with Crippen molar-refractivity contribution in [2.45, 2.75) is 6.92 Å². The highest BCUT2D eigenvalue weighted by Gasteiger charge is 2.18. The number of hydrogen-bond acceptors (Lipinski definition) is 5. The van der Waals surface area contributed by atoms with E-state index < -0.39 is 5.91 Å². The molecule has 0 saturated carbocycles. The van der Waals surface area contributed by atoms with Crippen LogP contribution in [-0.2, 0) is 0 Å². The molecular formula is C26H24N4O2. The van der Waals surface area contributed by atoms with Crippen LogP contribution >= 0.6 is 0 Å². The molecule has 6 heteroatoms. The third-order valence-corrected chi connectivity index (χ3v) is 5.15. The standard InChI is InChI=1S/C26H24N4O2/c1-17-9-8-10-18(15-17)28-29-23-16-21(25(31)20-12-5-4-11-19(20)23)26(32)27-22-13-6-7-14-24(22)30(2)3/h4-16,31H,1-3H3,(H,27,32). The van der Waals surface area contributed by atoms with Crippen molar-refractivity contribution >= 4 is 39.4 Å². The summed E-state index contributed by atoms with van der Waals surface area (Å²) in [6.07, 6.45) is 0. The third-order valence-electron chi connectivity index (χ3n) is 5.15. The summed E-state index contributed by atoms with van der Waals surface area (Å²) in [6, 6.07) is 24.1. The smallest absolute Gasteiger partial charge is 0.259 e. The van der Waals surface area contributed by atoms with Gasteiger partial charge in [0, 0.05) is 24.9 Å². The van der Waals surface area contributed by atoms with Gasteiger partial charge in [-0.1, -0.05) is 48.5 Å². The molecule has 32 heavy (non-hydrogen) atoms. The molecule has 0 bridgehead atoms. The highest BCUT2D eigenvalue weighted by Crippen LogP contribution is 2.37. The number of benzene rings is 4. The van der Waals surface area contributed by atoms with Gasteiger partial charge in [0.2, 0.25) is 0 Å². The van der Waals surface area contributed by atoms with Crippen molar-refractivity contribution in [3.8, 4) is 5.75 Å². The Labute approximate surface area is 186 Å². The molecule has 0 fully saturated rings. The Bertz CT molecular complexity index is 1330. The number of nitrogens with zero attached hydrogens (tertiary/aromatic N) is 3. The first kappa shape index (κ1) is 21.1. The molecule has 0 radical (unpaired) electrons. The first-order chi connectivity index (χ1) is 15.4. The van der Waals surface area contributed by atoms with Crippen molar-refractivity contribution in [1.82, 2.24) is 0 Å². The molecule has 0 aliphatic heterocycles.